The van der Waals surface area contributed by atoms with Gasteiger partial charge in [-0.15, -0.1) is 0 Å². The lowest BCUT2D eigenvalue weighted by Crippen LogP contribution is -2.36. The fourth-order valence-electron chi connectivity index (χ4n) is 2.62. The van der Waals surface area contributed by atoms with E-state index in [0.29, 0.717) is 16.5 Å². The van der Waals surface area contributed by atoms with E-state index in [1.54, 1.807) is 30.6 Å². The van der Waals surface area contributed by atoms with Crippen LogP contribution in [-0.2, 0) is 9.53 Å². The number of nitrogens with zero attached hydrogens (tertiary/aromatic N) is 1. The molecule has 6 nitrogen and oxygen atoms in total. The van der Waals surface area contributed by atoms with Crippen LogP contribution in [0.25, 0.3) is 11.1 Å². The van der Waals surface area contributed by atoms with Gasteiger partial charge in [-0.25, -0.2) is 0 Å². The standard InChI is InChI=1S/C20H20ClN3O3/c1-13-8-16(21)6-7-18(13)27-19(12-26-2)20(25)24-17-5-3-4-14(9-17)15-10-22-23-11-15/h3-11,19H,12H2,1-2H3,(H,22,23)(H,24,25). The number of rotatable bonds is 7. The van der Waals surface area contributed by atoms with Gasteiger partial charge < -0.3 is 14.8 Å². The molecule has 0 radical (unpaired) electrons. The minimum atomic E-state index is -0.799. The van der Waals surface area contributed by atoms with Crippen molar-refractivity contribution >= 4 is 23.2 Å². The van der Waals surface area contributed by atoms with Gasteiger partial charge >= 0.3 is 0 Å². The van der Waals surface area contributed by atoms with Crippen LogP contribution >= 0.6 is 11.6 Å². The summed E-state index contributed by atoms with van der Waals surface area (Å²) in [6.45, 7) is 1.99. The van der Waals surface area contributed by atoms with Gasteiger partial charge in [0.15, 0.2) is 6.10 Å². The van der Waals surface area contributed by atoms with Crippen LogP contribution in [0.15, 0.2) is 54.9 Å². The second kappa shape index (κ2) is 8.70. The third-order valence-corrected chi connectivity index (χ3v) is 4.21. The van der Waals surface area contributed by atoms with Crippen molar-refractivity contribution in [2.45, 2.75) is 13.0 Å². The van der Waals surface area contributed by atoms with Gasteiger partial charge in [0.05, 0.1) is 12.8 Å². The number of amides is 1. The number of anilines is 1. The first-order chi connectivity index (χ1) is 13.1. The van der Waals surface area contributed by atoms with Crippen LogP contribution in [0, 0.1) is 6.92 Å². The molecule has 2 aromatic carbocycles. The molecule has 0 fully saturated rings. The Morgan fingerprint density at radius 1 is 1.26 bits per heavy atom. The molecule has 3 rings (SSSR count). The Morgan fingerprint density at radius 2 is 2.11 bits per heavy atom. The Labute approximate surface area is 162 Å². The number of methoxy groups -OCH3 is 1. The molecular weight excluding hydrogens is 366 g/mol. The minimum Gasteiger partial charge on any atom is -0.478 e. The molecule has 0 aliphatic heterocycles. The van der Waals surface area contributed by atoms with Crippen molar-refractivity contribution in [3.63, 3.8) is 0 Å². The van der Waals surface area contributed by atoms with E-state index in [2.05, 4.69) is 15.5 Å². The molecule has 1 unspecified atom stereocenters. The van der Waals surface area contributed by atoms with Crippen LogP contribution in [0.2, 0.25) is 5.02 Å². The molecule has 0 aliphatic rings. The number of aromatic amines is 1. The number of aromatic nitrogens is 2. The number of benzene rings is 2. The maximum Gasteiger partial charge on any atom is 0.267 e. The predicted octanol–water partition coefficient (Wildman–Crippen LogP) is 4.07. The Hall–Kier alpha value is -2.83. The molecular formula is C20H20ClN3O3. The van der Waals surface area contributed by atoms with Gasteiger partial charge in [0, 0.05) is 29.6 Å². The maximum absolute atomic E-state index is 12.7. The first-order valence-electron chi connectivity index (χ1n) is 8.38. The third kappa shape index (κ3) is 4.87. The van der Waals surface area contributed by atoms with Crippen molar-refractivity contribution in [2.75, 3.05) is 19.0 Å². The number of hydrogen-bond acceptors (Lipinski definition) is 4. The summed E-state index contributed by atoms with van der Waals surface area (Å²) in [5, 5.41) is 10.2. The predicted molar refractivity (Wildman–Crippen MR) is 105 cm³/mol. The van der Waals surface area contributed by atoms with Gasteiger partial charge in [0.1, 0.15) is 5.75 Å². The lowest BCUT2D eigenvalue weighted by atomic mass is 10.1. The second-order valence-electron chi connectivity index (χ2n) is 6.03. The van der Waals surface area contributed by atoms with Crippen LogP contribution < -0.4 is 10.1 Å². The molecule has 1 heterocycles. The Kier molecular flexibility index (Phi) is 6.11. The number of carbonyl (C=O) groups is 1. The van der Waals surface area contributed by atoms with Crippen LogP contribution in [0.1, 0.15) is 5.56 Å². The first-order valence-corrected chi connectivity index (χ1v) is 8.76. The van der Waals surface area contributed by atoms with E-state index in [1.807, 2.05) is 31.2 Å². The second-order valence-corrected chi connectivity index (χ2v) is 6.47. The molecule has 1 amide bonds. The van der Waals surface area contributed by atoms with Gasteiger partial charge in [-0.1, -0.05) is 23.7 Å². The Bertz CT molecular complexity index is 913. The van der Waals surface area contributed by atoms with E-state index in [4.69, 9.17) is 21.1 Å². The highest BCUT2D eigenvalue weighted by Crippen LogP contribution is 2.24. The molecule has 2 N–H and O–H groups in total. The van der Waals surface area contributed by atoms with Gasteiger partial charge in [-0.2, -0.15) is 5.10 Å². The summed E-state index contributed by atoms with van der Waals surface area (Å²) in [4.78, 5) is 12.7. The molecule has 0 aliphatic carbocycles. The molecule has 140 valence electrons. The summed E-state index contributed by atoms with van der Waals surface area (Å²) in [6, 6.07) is 12.8. The molecule has 0 saturated heterocycles. The highest BCUT2D eigenvalue weighted by molar-refractivity contribution is 6.30. The van der Waals surface area contributed by atoms with Crippen LogP contribution in [0.5, 0.6) is 5.75 Å². The van der Waals surface area contributed by atoms with E-state index < -0.39 is 6.10 Å². The maximum atomic E-state index is 12.7. The van der Waals surface area contributed by atoms with Crippen molar-refractivity contribution in [1.82, 2.24) is 10.2 Å². The third-order valence-electron chi connectivity index (χ3n) is 3.98. The molecule has 1 atom stereocenters. The monoisotopic (exact) mass is 385 g/mol. The molecule has 7 heteroatoms. The van der Waals surface area contributed by atoms with E-state index in [-0.39, 0.29) is 12.5 Å². The molecule has 1 aromatic heterocycles. The van der Waals surface area contributed by atoms with E-state index >= 15 is 0 Å². The first kappa shape index (κ1) is 18.9. The average molecular weight is 386 g/mol. The van der Waals surface area contributed by atoms with Crippen LogP contribution in [-0.4, -0.2) is 35.9 Å². The van der Waals surface area contributed by atoms with Crippen molar-refractivity contribution in [1.29, 1.82) is 0 Å². The number of carbonyl (C=O) groups excluding carboxylic acids is 1. The molecule has 0 bridgehead atoms. The van der Waals surface area contributed by atoms with Gasteiger partial charge in [0.25, 0.3) is 5.91 Å². The fourth-order valence-corrected chi connectivity index (χ4v) is 2.85. The van der Waals surface area contributed by atoms with Crippen LogP contribution in [0.4, 0.5) is 5.69 Å². The van der Waals surface area contributed by atoms with Gasteiger partial charge in [-0.3, -0.25) is 9.89 Å². The minimum absolute atomic E-state index is 0.120. The smallest absolute Gasteiger partial charge is 0.267 e. The summed E-state index contributed by atoms with van der Waals surface area (Å²) in [5.74, 6) is 0.291. The zero-order valence-corrected chi connectivity index (χ0v) is 15.8. The molecule has 3 aromatic rings. The normalized spacial score (nSPS) is 11.8. The quantitative estimate of drug-likeness (QED) is 0.642. The van der Waals surface area contributed by atoms with E-state index in [0.717, 1.165) is 16.7 Å². The largest absolute Gasteiger partial charge is 0.478 e. The number of nitrogens with one attached hydrogen (secondary N) is 2. The summed E-state index contributed by atoms with van der Waals surface area (Å²) >= 11 is 5.98. The molecule has 0 saturated carbocycles. The number of hydrogen-bond donors (Lipinski definition) is 2. The van der Waals surface area contributed by atoms with Crippen molar-refractivity contribution in [3.8, 4) is 16.9 Å². The zero-order chi connectivity index (χ0) is 19.2. The average Bonchev–Trinajstić information content (AvgIpc) is 3.18. The summed E-state index contributed by atoms with van der Waals surface area (Å²) in [6.07, 6.45) is 2.72. The Balaban J connectivity index is 1.74. The summed E-state index contributed by atoms with van der Waals surface area (Å²) < 4.78 is 11.0. The summed E-state index contributed by atoms with van der Waals surface area (Å²) in [5.41, 5.74) is 3.39. The highest BCUT2D eigenvalue weighted by Gasteiger charge is 2.21. The van der Waals surface area contributed by atoms with E-state index in [1.165, 1.54) is 7.11 Å². The van der Waals surface area contributed by atoms with Gasteiger partial charge in [0.2, 0.25) is 0 Å². The van der Waals surface area contributed by atoms with Gasteiger partial charge in [-0.05, 0) is 48.4 Å². The highest BCUT2D eigenvalue weighted by atomic mass is 35.5. The van der Waals surface area contributed by atoms with E-state index in [9.17, 15) is 4.79 Å². The zero-order valence-electron chi connectivity index (χ0n) is 15.0. The van der Waals surface area contributed by atoms with Crippen molar-refractivity contribution in [2.24, 2.45) is 0 Å². The number of aryl methyl sites for hydroxylation is 1. The van der Waals surface area contributed by atoms with Crippen molar-refractivity contribution in [3.05, 3.63) is 65.4 Å². The van der Waals surface area contributed by atoms with Crippen molar-refractivity contribution < 1.29 is 14.3 Å². The topological polar surface area (TPSA) is 76.2 Å². The van der Waals surface area contributed by atoms with Crippen LogP contribution in [0.3, 0.4) is 0 Å². The molecule has 27 heavy (non-hydrogen) atoms. The lowest BCUT2D eigenvalue weighted by molar-refractivity contribution is -0.124. The number of H-pyrrole nitrogens is 1. The lowest BCUT2D eigenvalue weighted by Gasteiger charge is -2.19. The molecule has 0 spiro atoms. The number of ether oxygens (including phenoxy) is 2. The summed E-state index contributed by atoms with van der Waals surface area (Å²) in [7, 11) is 1.53. The SMILES string of the molecule is COCC(Oc1ccc(Cl)cc1C)C(=O)Nc1cccc(-c2cn[nH]c2)c1. The number of halogens is 1. The fraction of sp³-hybridized carbons (Fsp3) is 0.200. The Morgan fingerprint density at radius 3 is 2.81 bits per heavy atom.